The van der Waals surface area contributed by atoms with E-state index in [9.17, 15) is 4.79 Å². The fourth-order valence-electron chi connectivity index (χ4n) is 2.96. The van der Waals surface area contributed by atoms with Crippen molar-refractivity contribution in [1.29, 1.82) is 0 Å². The molecule has 0 aliphatic rings. The Labute approximate surface area is 158 Å². The molecule has 1 atom stereocenters. The second-order valence-electron chi connectivity index (χ2n) is 6.31. The van der Waals surface area contributed by atoms with Crippen LogP contribution in [0.2, 0.25) is 0 Å². The highest BCUT2D eigenvalue weighted by Gasteiger charge is 2.23. The lowest BCUT2D eigenvalue weighted by molar-refractivity contribution is -0.132. The van der Waals surface area contributed by atoms with Gasteiger partial charge in [0, 0.05) is 12.6 Å². The van der Waals surface area contributed by atoms with Gasteiger partial charge in [0.2, 0.25) is 17.6 Å². The van der Waals surface area contributed by atoms with Crippen molar-refractivity contribution in [3.05, 3.63) is 66.1 Å². The Kier molecular flexibility index (Phi) is 5.86. The molecule has 1 aromatic heterocycles. The fourth-order valence-corrected chi connectivity index (χ4v) is 2.96. The summed E-state index contributed by atoms with van der Waals surface area (Å²) in [5.41, 5.74) is 1.84. The number of methoxy groups -OCH3 is 1. The predicted molar refractivity (Wildman–Crippen MR) is 102 cm³/mol. The highest BCUT2D eigenvalue weighted by atomic mass is 16.5. The summed E-state index contributed by atoms with van der Waals surface area (Å²) in [5.74, 6) is 1.51. The molecule has 0 saturated heterocycles. The van der Waals surface area contributed by atoms with Crippen molar-refractivity contribution < 1.29 is 14.1 Å². The average molecular weight is 365 g/mol. The summed E-state index contributed by atoms with van der Waals surface area (Å²) in [4.78, 5) is 18.9. The molecule has 0 unspecified atom stereocenters. The summed E-state index contributed by atoms with van der Waals surface area (Å²) in [7, 11) is 3.37. The van der Waals surface area contributed by atoms with Crippen LogP contribution < -0.4 is 4.74 Å². The van der Waals surface area contributed by atoms with Crippen LogP contribution in [0.5, 0.6) is 5.75 Å². The van der Waals surface area contributed by atoms with Crippen LogP contribution in [0.3, 0.4) is 0 Å². The standard InChI is InChI=1S/C21H23N3O3/c1-4-18(15-8-6-5-7-9-15)21(25)24(2)14-19-22-20(23-27-19)16-10-12-17(26-3)13-11-16/h5-13,18H,4,14H2,1-3H3/t18-/m0/s1. The number of hydrogen-bond acceptors (Lipinski definition) is 5. The minimum atomic E-state index is -0.180. The lowest BCUT2D eigenvalue weighted by Gasteiger charge is -2.22. The van der Waals surface area contributed by atoms with Crippen molar-refractivity contribution in [1.82, 2.24) is 15.0 Å². The molecule has 6 nitrogen and oxygen atoms in total. The third-order valence-corrected chi connectivity index (χ3v) is 4.47. The highest BCUT2D eigenvalue weighted by molar-refractivity contribution is 5.83. The first-order valence-electron chi connectivity index (χ1n) is 8.89. The number of nitrogens with zero attached hydrogens (tertiary/aromatic N) is 3. The van der Waals surface area contributed by atoms with Gasteiger partial charge in [-0.25, -0.2) is 0 Å². The van der Waals surface area contributed by atoms with Gasteiger partial charge in [0.25, 0.3) is 0 Å². The van der Waals surface area contributed by atoms with E-state index in [1.54, 1.807) is 19.1 Å². The number of aromatic nitrogens is 2. The van der Waals surface area contributed by atoms with E-state index in [-0.39, 0.29) is 18.4 Å². The van der Waals surface area contributed by atoms with Gasteiger partial charge >= 0.3 is 0 Å². The molecule has 0 saturated carbocycles. The second-order valence-corrected chi connectivity index (χ2v) is 6.31. The van der Waals surface area contributed by atoms with E-state index in [1.807, 2.05) is 61.5 Å². The van der Waals surface area contributed by atoms with E-state index in [2.05, 4.69) is 10.1 Å². The van der Waals surface area contributed by atoms with E-state index in [4.69, 9.17) is 9.26 Å². The van der Waals surface area contributed by atoms with Crippen molar-refractivity contribution in [2.24, 2.45) is 0 Å². The van der Waals surface area contributed by atoms with Gasteiger partial charge in [0.1, 0.15) is 5.75 Å². The molecule has 1 heterocycles. The lowest BCUT2D eigenvalue weighted by atomic mass is 9.95. The highest BCUT2D eigenvalue weighted by Crippen LogP contribution is 2.23. The molecule has 1 amide bonds. The maximum absolute atomic E-state index is 12.8. The third kappa shape index (κ3) is 4.34. The van der Waals surface area contributed by atoms with Crippen molar-refractivity contribution in [3.8, 4) is 17.1 Å². The van der Waals surface area contributed by atoms with Gasteiger partial charge in [0.05, 0.1) is 19.6 Å². The molecule has 0 N–H and O–H groups in total. The van der Waals surface area contributed by atoms with Crippen LogP contribution in [0.4, 0.5) is 0 Å². The summed E-state index contributed by atoms with van der Waals surface area (Å²) in [5, 5.41) is 4.01. The number of benzene rings is 2. The first kappa shape index (κ1) is 18.6. The van der Waals surface area contributed by atoms with E-state index >= 15 is 0 Å². The average Bonchev–Trinajstić information content (AvgIpc) is 3.17. The Morgan fingerprint density at radius 2 is 1.85 bits per heavy atom. The Morgan fingerprint density at radius 3 is 2.48 bits per heavy atom. The van der Waals surface area contributed by atoms with E-state index in [0.29, 0.717) is 11.7 Å². The zero-order valence-corrected chi connectivity index (χ0v) is 15.8. The molecule has 27 heavy (non-hydrogen) atoms. The summed E-state index contributed by atoms with van der Waals surface area (Å²) in [6, 6.07) is 17.2. The van der Waals surface area contributed by atoms with Gasteiger partial charge in [-0.05, 0) is 36.2 Å². The van der Waals surface area contributed by atoms with Gasteiger partial charge < -0.3 is 14.2 Å². The zero-order chi connectivity index (χ0) is 19.2. The number of amides is 1. The van der Waals surface area contributed by atoms with Crippen LogP contribution in [-0.2, 0) is 11.3 Å². The maximum Gasteiger partial charge on any atom is 0.246 e. The number of ether oxygens (including phenoxy) is 1. The Morgan fingerprint density at radius 1 is 1.15 bits per heavy atom. The fraction of sp³-hybridized carbons (Fsp3) is 0.286. The molecule has 0 radical (unpaired) electrons. The third-order valence-electron chi connectivity index (χ3n) is 4.47. The molecule has 6 heteroatoms. The maximum atomic E-state index is 12.8. The predicted octanol–water partition coefficient (Wildman–Crippen LogP) is 3.90. The molecule has 0 aliphatic carbocycles. The quantitative estimate of drug-likeness (QED) is 0.635. The van der Waals surface area contributed by atoms with Crippen LogP contribution in [-0.4, -0.2) is 35.1 Å². The Bertz CT molecular complexity index is 875. The number of hydrogen-bond donors (Lipinski definition) is 0. The topological polar surface area (TPSA) is 68.5 Å². The SMILES string of the molecule is CC[C@H](C(=O)N(C)Cc1nc(-c2ccc(OC)cc2)no1)c1ccccc1. The molecule has 3 rings (SSSR count). The molecule has 2 aromatic carbocycles. The number of carbonyl (C=O) groups is 1. The number of rotatable bonds is 7. The van der Waals surface area contributed by atoms with Crippen molar-refractivity contribution in [2.45, 2.75) is 25.8 Å². The molecule has 0 fully saturated rings. The Balaban J connectivity index is 1.69. The van der Waals surface area contributed by atoms with Crippen molar-refractivity contribution in [3.63, 3.8) is 0 Å². The monoisotopic (exact) mass is 365 g/mol. The Hall–Kier alpha value is -3.15. The van der Waals surface area contributed by atoms with Crippen LogP contribution in [0.25, 0.3) is 11.4 Å². The van der Waals surface area contributed by atoms with E-state index in [0.717, 1.165) is 23.3 Å². The summed E-state index contributed by atoms with van der Waals surface area (Å²) >= 11 is 0. The zero-order valence-electron chi connectivity index (χ0n) is 15.8. The van der Waals surface area contributed by atoms with Crippen molar-refractivity contribution >= 4 is 5.91 Å². The molecular weight excluding hydrogens is 342 g/mol. The molecule has 0 aliphatic heterocycles. The van der Waals surface area contributed by atoms with Crippen LogP contribution in [0, 0.1) is 0 Å². The summed E-state index contributed by atoms with van der Waals surface area (Å²) in [6.45, 7) is 2.28. The summed E-state index contributed by atoms with van der Waals surface area (Å²) in [6.07, 6.45) is 0.730. The van der Waals surface area contributed by atoms with Gasteiger partial charge in [0.15, 0.2) is 0 Å². The van der Waals surface area contributed by atoms with Crippen molar-refractivity contribution in [2.75, 3.05) is 14.2 Å². The minimum Gasteiger partial charge on any atom is -0.497 e. The normalized spacial score (nSPS) is 11.8. The molecule has 0 spiro atoms. The van der Waals surface area contributed by atoms with Crippen LogP contribution >= 0.6 is 0 Å². The van der Waals surface area contributed by atoms with Gasteiger partial charge in [-0.1, -0.05) is 42.4 Å². The molecule has 3 aromatic rings. The molecular formula is C21H23N3O3. The lowest BCUT2D eigenvalue weighted by Crippen LogP contribution is -2.31. The largest absolute Gasteiger partial charge is 0.497 e. The van der Waals surface area contributed by atoms with Crippen LogP contribution in [0.15, 0.2) is 59.1 Å². The van der Waals surface area contributed by atoms with E-state index in [1.165, 1.54) is 0 Å². The molecule has 0 bridgehead atoms. The first-order valence-corrected chi connectivity index (χ1v) is 8.89. The summed E-state index contributed by atoms with van der Waals surface area (Å²) < 4.78 is 10.5. The van der Waals surface area contributed by atoms with Crippen LogP contribution in [0.1, 0.15) is 30.7 Å². The minimum absolute atomic E-state index is 0.0351. The first-order chi connectivity index (χ1) is 13.1. The van der Waals surface area contributed by atoms with Gasteiger partial charge in [-0.2, -0.15) is 4.98 Å². The molecule has 140 valence electrons. The van der Waals surface area contributed by atoms with E-state index < -0.39 is 0 Å². The van der Waals surface area contributed by atoms with Gasteiger partial charge in [-0.3, -0.25) is 4.79 Å². The second kappa shape index (κ2) is 8.49. The number of carbonyl (C=O) groups excluding carboxylic acids is 1. The number of likely N-dealkylation sites (N-methyl/N-ethyl adjacent to an activating group) is 1. The smallest absolute Gasteiger partial charge is 0.246 e. The van der Waals surface area contributed by atoms with Gasteiger partial charge in [-0.15, -0.1) is 0 Å².